The Morgan fingerprint density at radius 3 is 2.55 bits per heavy atom. The van der Waals surface area contributed by atoms with E-state index in [0.29, 0.717) is 11.3 Å². The smallest absolute Gasteiger partial charge is 0.382 e. The molecule has 4 aromatic rings. The molecule has 0 fully saturated rings. The van der Waals surface area contributed by atoms with Crippen LogP contribution >= 0.6 is 12.4 Å². The van der Waals surface area contributed by atoms with Crippen molar-refractivity contribution in [2.45, 2.75) is 6.18 Å². The molecule has 0 saturated heterocycles. The number of aromatic nitrogens is 5. The van der Waals surface area contributed by atoms with Gasteiger partial charge in [-0.1, -0.05) is 12.1 Å². The number of fused-ring (bicyclic) bond motifs is 1. The minimum absolute atomic E-state index is 0. The summed E-state index contributed by atoms with van der Waals surface area (Å²) in [5, 5.41) is 0. The number of nitrogens with two attached hydrogens (primary N) is 1. The first-order valence-corrected chi connectivity index (χ1v) is 8.09. The van der Waals surface area contributed by atoms with Crippen molar-refractivity contribution >= 4 is 29.4 Å². The Bertz CT molecular complexity index is 1260. The zero-order valence-electron chi connectivity index (χ0n) is 14.9. The van der Waals surface area contributed by atoms with Crippen LogP contribution in [0.15, 0.2) is 53.7 Å². The molecule has 7 nitrogen and oxygen atoms in total. The number of halogens is 4. The van der Waals surface area contributed by atoms with E-state index in [0.717, 1.165) is 12.1 Å². The molecule has 0 amide bonds. The van der Waals surface area contributed by atoms with Gasteiger partial charge < -0.3 is 10.3 Å². The van der Waals surface area contributed by atoms with Crippen molar-refractivity contribution in [1.82, 2.24) is 24.1 Å². The third-order valence-corrected chi connectivity index (χ3v) is 4.25. The zero-order valence-corrected chi connectivity index (χ0v) is 15.7. The Labute approximate surface area is 168 Å². The Hall–Kier alpha value is -3.40. The number of hydrogen-bond acceptors (Lipinski definition) is 5. The maximum absolute atomic E-state index is 13.2. The van der Waals surface area contributed by atoms with Gasteiger partial charge in [0.05, 0.1) is 11.3 Å². The van der Waals surface area contributed by atoms with Crippen molar-refractivity contribution in [1.29, 1.82) is 0 Å². The molecule has 0 saturated carbocycles. The van der Waals surface area contributed by atoms with E-state index in [1.165, 1.54) is 29.1 Å². The summed E-state index contributed by atoms with van der Waals surface area (Å²) >= 11 is 0. The van der Waals surface area contributed by atoms with Gasteiger partial charge in [-0.2, -0.15) is 13.2 Å². The number of anilines is 1. The molecule has 0 spiro atoms. The summed E-state index contributed by atoms with van der Waals surface area (Å²) in [6.07, 6.45) is -1.71. The van der Waals surface area contributed by atoms with E-state index in [4.69, 9.17) is 5.73 Å². The SMILES string of the molecule is Cl.Cn1cc(-n2c(-c3cccc(C(F)(F)F)c3)nc3c(N)ncnc32)ccc1=O. The van der Waals surface area contributed by atoms with Crippen LogP contribution in [0.25, 0.3) is 28.2 Å². The fraction of sp³-hybridized carbons (Fsp3) is 0.111. The first-order valence-electron chi connectivity index (χ1n) is 8.09. The van der Waals surface area contributed by atoms with Gasteiger partial charge in [0.1, 0.15) is 12.2 Å². The molecule has 3 aromatic heterocycles. The first-order chi connectivity index (χ1) is 13.3. The summed E-state index contributed by atoms with van der Waals surface area (Å²) in [7, 11) is 1.57. The van der Waals surface area contributed by atoms with Crippen molar-refractivity contribution in [3.63, 3.8) is 0 Å². The number of alkyl halides is 3. The van der Waals surface area contributed by atoms with Gasteiger partial charge in [0.2, 0.25) is 5.56 Å². The summed E-state index contributed by atoms with van der Waals surface area (Å²) in [6, 6.07) is 7.69. The maximum atomic E-state index is 13.2. The molecule has 0 bridgehead atoms. The van der Waals surface area contributed by atoms with Crippen LogP contribution in [0.1, 0.15) is 5.56 Å². The monoisotopic (exact) mass is 422 g/mol. The number of nitrogen functional groups attached to an aromatic ring is 1. The molecule has 0 radical (unpaired) electrons. The minimum Gasteiger partial charge on any atom is -0.382 e. The Morgan fingerprint density at radius 1 is 1.10 bits per heavy atom. The van der Waals surface area contributed by atoms with E-state index in [1.54, 1.807) is 23.9 Å². The van der Waals surface area contributed by atoms with Crippen LogP contribution in [-0.4, -0.2) is 24.1 Å². The van der Waals surface area contributed by atoms with Crippen molar-refractivity contribution in [3.8, 4) is 17.1 Å². The third-order valence-electron chi connectivity index (χ3n) is 4.25. The number of hydrogen-bond donors (Lipinski definition) is 1. The topological polar surface area (TPSA) is 91.6 Å². The molecule has 150 valence electrons. The van der Waals surface area contributed by atoms with Crippen LogP contribution in [-0.2, 0) is 13.2 Å². The van der Waals surface area contributed by atoms with E-state index in [1.807, 2.05) is 0 Å². The van der Waals surface area contributed by atoms with Crippen molar-refractivity contribution in [2.24, 2.45) is 7.05 Å². The zero-order chi connectivity index (χ0) is 20.1. The second-order valence-corrected chi connectivity index (χ2v) is 6.12. The van der Waals surface area contributed by atoms with E-state index in [2.05, 4.69) is 15.0 Å². The van der Waals surface area contributed by atoms with Crippen LogP contribution in [0, 0.1) is 0 Å². The number of rotatable bonds is 2. The molecular formula is C18H14ClF3N6O. The average molecular weight is 423 g/mol. The summed E-state index contributed by atoms with van der Waals surface area (Å²) < 4.78 is 42.4. The highest BCUT2D eigenvalue weighted by atomic mass is 35.5. The lowest BCUT2D eigenvalue weighted by Gasteiger charge is -2.12. The lowest BCUT2D eigenvalue weighted by molar-refractivity contribution is -0.137. The highest BCUT2D eigenvalue weighted by molar-refractivity contribution is 5.87. The summed E-state index contributed by atoms with van der Waals surface area (Å²) in [5.41, 5.74) is 6.14. The quantitative estimate of drug-likeness (QED) is 0.535. The van der Waals surface area contributed by atoms with Gasteiger partial charge >= 0.3 is 6.18 Å². The number of pyridine rings is 1. The van der Waals surface area contributed by atoms with Gasteiger partial charge in [0.15, 0.2) is 17.0 Å². The van der Waals surface area contributed by atoms with Gasteiger partial charge in [-0.25, -0.2) is 15.0 Å². The van der Waals surface area contributed by atoms with Gasteiger partial charge in [0.25, 0.3) is 0 Å². The molecule has 0 unspecified atom stereocenters. The first kappa shape index (κ1) is 20.3. The number of aryl methyl sites for hydroxylation is 1. The lowest BCUT2D eigenvalue weighted by atomic mass is 10.1. The lowest BCUT2D eigenvalue weighted by Crippen LogP contribution is -2.15. The fourth-order valence-corrected chi connectivity index (χ4v) is 2.89. The van der Waals surface area contributed by atoms with Crippen molar-refractivity contribution in [3.05, 3.63) is 64.8 Å². The average Bonchev–Trinajstić information content (AvgIpc) is 3.04. The normalized spacial score (nSPS) is 11.4. The van der Waals surface area contributed by atoms with Crippen LogP contribution in [0.2, 0.25) is 0 Å². The summed E-state index contributed by atoms with van der Waals surface area (Å²) in [5.74, 6) is 0.300. The van der Waals surface area contributed by atoms with Gasteiger partial charge in [-0.05, 0) is 18.2 Å². The molecular weight excluding hydrogens is 409 g/mol. The number of nitrogens with zero attached hydrogens (tertiary/aromatic N) is 5. The Kier molecular flexibility index (Phi) is 5.05. The molecule has 0 aliphatic rings. The highest BCUT2D eigenvalue weighted by Crippen LogP contribution is 2.34. The van der Waals surface area contributed by atoms with E-state index < -0.39 is 11.7 Å². The highest BCUT2D eigenvalue weighted by Gasteiger charge is 2.31. The summed E-state index contributed by atoms with van der Waals surface area (Å²) in [6.45, 7) is 0. The second-order valence-electron chi connectivity index (χ2n) is 6.12. The second kappa shape index (κ2) is 7.21. The largest absolute Gasteiger partial charge is 0.416 e. The molecule has 2 N–H and O–H groups in total. The van der Waals surface area contributed by atoms with Gasteiger partial charge in [-0.3, -0.25) is 9.36 Å². The van der Waals surface area contributed by atoms with Crippen molar-refractivity contribution in [2.75, 3.05) is 5.73 Å². The minimum atomic E-state index is -4.50. The number of benzene rings is 1. The molecule has 0 aliphatic heterocycles. The predicted molar refractivity (Wildman–Crippen MR) is 104 cm³/mol. The molecule has 1 aromatic carbocycles. The van der Waals surface area contributed by atoms with Crippen molar-refractivity contribution < 1.29 is 13.2 Å². The Balaban J connectivity index is 0.00000240. The van der Waals surface area contributed by atoms with Gasteiger partial charge in [-0.15, -0.1) is 12.4 Å². The molecule has 11 heteroatoms. The predicted octanol–water partition coefficient (Wildman–Crippen LogP) is 3.20. The van der Waals surface area contributed by atoms with Gasteiger partial charge in [0, 0.05) is 24.9 Å². The molecule has 29 heavy (non-hydrogen) atoms. The van der Waals surface area contributed by atoms with Crippen LogP contribution in [0.5, 0.6) is 0 Å². The van der Waals surface area contributed by atoms with Crippen LogP contribution in [0.3, 0.4) is 0 Å². The van der Waals surface area contributed by atoms with E-state index in [-0.39, 0.29) is 40.7 Å². The van der Waals surface area contributed by atoms with Crippen LogP contribution in [0.4, 0.5) is 19.0 Å². The summed E-state index contributed by atoms with van der Waals surface area (Å²) in [4.78, 5) is 24.2. The fourth-order valence-electron chi connectivity index (χ4n) is 2.89. The van der Waals surface area contributed by atoms with Crippen LogP contribution < -0.4 is 11.3 Å². The Morgan fingerprint density at radius 2 is 1.86 bits per heavy atom. The molecule has 0 atom stereocenters. The molecule has 0 aliphatic carbocycles. The van der Waals surface area contributed by atoms with E-state index in [9.17, 15) is 18.0 Å². The number of imidazole rings is 1. The maximum Gasteiger partial charge on any atom is 0.416 e. The standard InChI is InChI=1S/C18H13F3N6O.ClH/c1-26-8-12(5-6-13(26)28)27-16(25-14-15(22)23-9-24-17(14)27)10-3-2-4-11(7-10)18(19,20)21;/h2-9H,1H3,(H2,22,23,24);1H. The third kappa shape index (κ3) is 3.54. The molecule has 4 rings (SSSR count). The van der Waals surface area contributed by atoms with E-state index >= 15 is 0 Å². The molecule has 3 heterocycles.